The van der Waals surface area contributed by atoms with E-state index >= 15 is 0 Å². The minimum Gasteiger partial charge on any atom is -0.444 e. The van der Waals surface area contributed by atoms with Crippen LogP contribution in [0.15, 0.2) is 48.5 Å². The Morgan fingerprint density at radius 3 is 2.21 bits per heavy atom. The molecule has 208 valence electrons. The van der Waals surface area contributed by atoms with Crippen LogP contribution < -0.4 is 10.6 Å². The van der Waals surface area contributed by atoms with Gasteiger partial charge in [-0.05, 0) is 71.6 Å². The van der Waals surface area contributed by atoms with Crippen molar-refractivity contribution in [2.24, 2.45) is 0 Å². The fourth-order valence-corrected chi connectivity index (χ4v) is 4.50. The molecular formula is C31H45N3O4. The molecule has 0 heterocycles. The first-order chi connectivity index (χ1) is 17.9. The lowest BCUT2D eigenvalue weighted by molar-refractivity contribution is -0.142. The average Bonchev–Trinajstić information content (AvgIpc) is 2.83. The van der Waals surface area contributed by atoms with Crippen LogP contribution in [-0.4, -0.2) is 47.0 Å². The number of hydrogen-bond acceptors (Lipinski definition) is 4. The minimum atomic E-state index is -0.916. The molecule has 0 saturated carbocycles. The molecule has 0 aromatic heterocycles. The fraction of sp³-hybridized carbons (Fsp3) is 0.516. The van der Waals surface area contributed by atoms with Crippen molar-refractivity contribution in [3.63, 3.8) is 0 Å². The molecule has 2 rings (SSSR count). The molecule has 3 unspecified atom stereocenters. The SMILES string of the molecule is CCCC(C)NC(=O)C(c1cc(C)ccc1C)N(CC)C(=O)C(Cc1ccccc1)NC(=O)OC(C)(C)C. The molecule has 3 amide bonds. The minimum absolute atomic E-state index is 0.0334. The van der Waals surface area contributed by atoms with Crippen LogP contribution in [0.4, 0.5) is 4.79 Å². The normalized spacial score (nSPS) is 13.7. The number of nitrogens with one attached hydrogen (secondary N) is 2. The summed E-state index contributed by atoms with van der Waals surface area (Å²) in [6.07, 6.45) is 1.36. The van der Waals surface area contributed by atoms with E-state index in [0.29, 0.717) is 0 Å². The third kappa shape index (κ3) is 9.19. The van der Waals surface area contributed by atoms with Gasteiger partial charge in [0.2, 0.25) is 11.8 Å². The number of carbonyl (C=O) groups is 3. The number of carbonyl (C=O) groups excluding carboxylic acids is 3. The molecule has 7 heteroatoms. The first kappa shape index (κ1) is 30.9. The Kier molecular flexibility index (Phi) is 11.4. The lowest BCUT2D eigenvalue weighted by Gasteiger charge is -2.35. The Morgan fingerprint density at radius 2 is 1.63 bits per heavy atom. The van der Waals surface area contributed by atoms with E-state index in [-0.39, 0.29) is 30.8 Å². The van der Waals surface area contributed by atoms with E-state index in [1.807, 2.05) is 76.2 Å². The number of rotatable bonds is 11. The summed E-state index contributed by atoms with van der Waals surface area (Å²) in [6, 6.07) is 13.6. The lowest BCUT2D eigenvalue weighted by atomic mass is 9.95. The Morgan fingerprint density at radius 1 is 0.974 bits per heavy atom. The van der Waals surface area contributed by atoms with Crippen LogP contribution in [0.5, 0.6) is 0 Å². The van der Waals surface area contributed by atoms with Gasteiger partial charge in [-0.2, -0.15) is 0 Å². The van der Waals surface area contributed by atoms with Crippen LogP contribution in [0.3, 0.4) is 0 Å². The van der Waals surface area contributed by atoms with Gasteiger partial charge in [-0.15, -0.1) is 0 Å². The number of aryl methyl sites for hydroxylation is 2. The lowest BCUT2D eigenvalue weighted by Crippen LogP contribution is -2.54. The second kappa shape index (κ2) is 14.0. The molecule has 0 bridgehead atoms. The van der Waals surface area contributed by atoms with Gasteiger partial charge >= 0.3 is 6.09 Å². The molecule has 0 spiro atoms. The van der Waals surface area contributed by atoms with E-state index in [4.69, 9.17) is 4.74 Å². The Hall–Kier alpha value is -3.35. The fourth-order valence-electron chi connectivity index (χ4n) is 4.50. The highest BCUT2D eigenvalue weighted by Gasteiger charge is 2.36. The summed E-state index contributed by atoms with van der Waals surface area (Å²) in [5.74, 6) is -0.572. The van der Waals surface area contributed by atoms with Crippen LogP contribution in [0, 0.1) is 13.8 Å². The summed E-state index contributed by atoms with van der Waals surface area (Å²) in [4.78, 5) is 42.3. The third-order valence-corrected chi connectivity index (χ3v) is 6.30. The predicted octanol–water partition coefficient (Wildman–Crippen LogP) is 5.63. The third-order valence-electron chi connectivity index (χ3n) is 6.30. The molecule has 7 nitrogen and oxygen atoms in total. The number of likely N-dealkylation sites (N-methyl/N-ethyl adjacent to an activating group) is 1. The van der Waals surface area contributed by atoms with Gasteiger partial charge in [-0.25, -0.2) is 4.79 Å². The molecule has 38 heavy (non-hydrogen) atoms. The highest BCUT2D eigenvalue weighted by Crippen LogP contribution is 2.27. The average molecular weight is 524 g/mol. The van der Waals surface area contributed by atoms with Crippen molar-refractivity contribution in [2.45, 2.75) is 98.4 Å². The van der Waals surface area contributed by atoms with Crippen molar-refractivity contribution in [1.29, 1.82) is 0 Å². The molecule has 0 saturated heterocycles. The molecule has 0 aliphatic carbocycles. The number of amides is 3. The van der Waals surface area contributed by atoms with Gasteiger partial charge in [0.15, 0.2) is 0 Å². The van der Waals surface area contributed by atoms with Crippen molar-refractivity contribution in [3.8, 4) is 0 Å². The quantitative estimate of drug-likeness (QED) is 0.399. The molecule has 2 aromatic rings. The van der Waals surface area contributed by atoms with E-state index < -0.39 is 23.8 Å². The van der Waals surface area contributed by atoms with Crippen molar-refractivity contribution >= 4 is 17.9 Å². The van der Waals surface area contributed by atoms with E-state index in [1.165, 1.54) is 0 Å². The van der Waals surface area contributed by atoms with Crippen molar-refractivity contribution < 1.29 is 19.1 Å². The second-order valence-corrected chi connectivity index (χ2v) is 11.0. The molecule has 0 aliphatic heterocycles. The standard InChI is InChI=1S/C31H45N3O4/c1-9-14-23(5)32-28(35)27(25-19-21(3)17-18-22(25)4)34(10-2)29(36)26(20-24-15-12-11-13-16-24)33-30(37)38-31(6,7)8/h11-13,15-19,23,26-27H,9-10,14,20H2,1-8H3,(H,32,35)(H,33,37). The highest BCUT2D eigenvalue weighted by molar-refractivity contribution is 5.92. The number of hydrogen-bond donors (Lipinski definition) is 2. The van der Waals surface area contributed by atoms with Crippen molar-refractivity contribution in [1.82, 2.24) is 15.5 Å². The van der Waals surface area contributed by atoms with Gasteiger partial charge < -0.3 is 20.3 Å². The maximum absolute atomic E-state index is 14.2. The van der Waals surface area contributed by atoms with Gasteiger partial charge in [-0.1, -0.05) is 67.4 Å². The first-order valence-corrected chi connectivity index (χ1v) is 13.6. The molecule has 3 atom stereocenters. The van der Waals surface area contributed by atoms with E-state index in [0.717, 1.165) is 35.1 Å². The Balaban J connectivity index is 2.51. The zero-order chi connectivity index (χ0) is 28.5. The number of alkyl carbamates (subject to hydrolysis) is 1. The largest absolute Gasteiger partial charge is 0.444 e. The summed E-state index contributed by atoms with van der Waals surface area (Å²) in [5.41, 5.74) is 2.87. The number of ether oxygens (including phenoxy) is 1. The summed E-state index contributed by atoms with van der Waals surface area (Å²) in [6.45, 7) is 15.4. The van der Waals surface area contributed by atoms with Crippen LogP contribution in [-0.2, 0) is 20.7 Å². The van der Waals surface area contributed by atoms with E-state index in [1.54, 1.807) is 25.7 Å². The predicted molar refractivity (Wildman–Crippen MR) is 152 cm³/mol. The molecular weight excluding hydrogens is 478 g/mol. The first-order valence-electron chi connectivity index (χ1n) is 13.6. The van der Waals surface area contributed by atoms with Crippen molar-refractivity contribution in [3.05, 3.63) is 70.8 Å². The van der Waals surface area contributed by atoms with Crippen LogP contribution >= 0.6 is 0 Å². The second-order valence-electron chi connectivity index (χ2n) is 11.0. The Labute approximate surface area is 228 Å². The molecule has 0 radical (unpaired) electrons. The maximum atomic E-state index is 14.2. The van der Waals surface area contributed by atoms with Crippen LogP contribution in [0.2, 0.25) is 0 Å². The maximum Gasteiger partial charge on any atom is 0.408 e. The summed E-state index contributed by atoms with van der Waals surface area (Å²) in [5, 5.41) is 5.90. The van der Waals surface area contributed by atoms with Crippen LogP contribution in [0.25, 0.3) is 0 Å². The zero-order valence-electron chi connectivity index (χ0n) is 24.3. The summed E-state index contributed by atoms with van der Waals surface area (Å²) >= 11 is 0. The number of nitrogens with zero attached hydrogens (tertiary/aromatic N) is 1. The van der Waals surface area contributed by atoms with Gasteiger partial charge in [0.05, 0.1) is 0 Å². The summed E-state index contributed by atoms with van der Waals surface area (Å²) in [7, 11) is 0. The smallest absolute Gasteiger partial charge is 0.408 e. The van der Waals surface area contributed by atoms with E-state index in [9.17, 15) is 14.4 Å². The number of benzene rings is 2. The molecule has 2 aromatic carbocycles. The Bertz CT molecular complexity index is 1080. The zero-order valence-corrected chi connectivity index (χ0v) is 24.3. The molecule has 0 fully saturated rings. The summed E-state index contributed by atoms with van der Waals surface area (Å²) < 4.78 is 5.48. The van der Waals surface area contributed by atoms with Gasteiger partial charge in [0, 0.05) is 19.0 Å². The highest BCUT2D eigenvalue weighted by atomic mass is 16.6. The van der Waals surface area contributed by atoms with E-state index in [2.05, 4.69) is 17.6 Å². The topological polar surface area (TPSA) is 87.7 Å². The van der Waals surface area contributed by atoms with Gasteiger partial charge in [0.25, 0.3) is 0 Å². The monoisotopic (exact) mass is 523 g/mol. The molecule has 2 N–H and O–H groups in total. The van der Waals surface area contributed by atoms with Gasteiger partial charge in [0.1, 0.15) is 17.7 Å². The van der Waals surface area contributed by atoms with Gasteiger partial charge in [-0.3, -0.25) is 9.59 Å². The van der Waals surface area contributed by atoms with Crippen LogP contribution in [0.1, 0.15) is 82.7 Å². The molecule has 0 aliphatic rings. The van der Waals surface area contributed by atoms with Crippen molar-refractivity contribution in [2.75, 3.05) is 6.54 Å².